The first-order chi connectivity index (χ1) is 11.5. The molecule has 8 heteroatoms. The maximum absolute atomic E-state index is 11.9. The second-order valence-electron chi connectivity index (χ2n) is 6.02. The van der Waals surface area contributed by atoms with Gasteiger partial charge in [-0.2, -0.15) is 5.10 Å². The first-order valence-electron chi connectivity index (χ1n) is 7.98. The number of aliphatic carboxylic acids is 1. The number of anilines is 1. The van der Waals surface area contributed by atoms with E-state index in [1.807, 2.05) is 25.8 Å². The zero-order valence-electron chi connectivity index (χ0n) is 14.2. The fraction of sp³-hybridized carbons (Fsp3) is 0.500. The highest BCUT2D eigenvalue weighted by Gasteiger charge is 2.34. The highest BCUT2D eigenvalue weighted by molar-refractivity contribution is 5.76. The molecule has 2 aromatic rings. The predicted octanol–water partition coefficient (Wildman–Crippen LogP) is 0.775. The topological polar surface area (TPSA) is 87.4 Å². The lowest BCUT2D eigenvalue weighted by Crippen LogP contribution is -2.50. The third-order valence-corrected chi connectivity index (χ3v) is 4.59. The van der Waals surface area contributed by atoms with Gasteiger partial charge in [0.2, 0.25) is 5.95 Å². The lowest BCUT2D eigenvalue weighted by Gasteiger charge is -2.37. The lowest BCUT2D eigenvalue weighted by molar-refractivity contribution is -0.143. The smallest absolute Gasteiger partial charge is 0.325 e. The number of hydrogen-bond donors (Lipinski definition) is 1. The summed E-state index contributed by atoms with van der Waals surface area (Å²) in [6.07, 6.45) is 3.44. The number of nitrogens with zero attached hydrogens (tertiary/aromatic N) is 6. The average molecular weight is 330 g/mol. The third-order valence-electron chi connectivity index (χ3n) is 4.59. The summed E-state index contributed by atoms with van der Waals surface area (Å²) in [5.74, 6) is -0.142. The van der Waals surface area contributed by atoms with Crippen LogP contribution in [0.3, 0.4) is 0 Å². The van der Waals surface area contributed by atoms with Gasteiger partial charge in [0.15, 0.2) is 0 Å². The van der Waals surface area contributed by atoms with Crippen LogP contribution in [0.2, 0.25) is 0 Å². The molecule has 0 bridgehead atoms. The monoisotopic (exact) mass is 330 g/mol. The maximum atomic E-state index is 11.9. The Morgan fingerprint density at radius 3 is 2.29 bits per heavy atom. The Kier molecular flexibility index (Phi) is 4.48. The highest BCUT2D eigenvalue weighted by Crippen LogP contribution is 2.28. The molecule has 1 unspecified atom stereocenters. The zero-order valence-corrected chi connectivity index (χ0v) is 14.2. The van der Waals surface area contributed by atoms with Crippen molar-refractivity contribution in [3.8, 4) is 0 Å². The van der Waals surface area contributed by atoms with E-state index in [4.69, 9.17) is 0 Å². The van der Waals surface area contributed by atoms with Crippen molar-refractivity contribution in [3.05, 3.63) is 35.4 Å². The van der Waals surface area contributed by atoms with Gasteiger partial charge in [-0.3, -0.25) is 14.4 Å². The summed E-state index contributed by atoms with van der Waals surface area (Å²) in [7, 11) is 1.84. The number of aryl methyl sites for hydroxylation is 2. The van der Waals surface area contributed by atoms with E-state index in [2.05, 4.69) is 20.0 Å². The van der Waals surface area contributed by atoms with Gasteiger partial charge in [-0.25, -0.2) is 9.97 Å². The molecule has 0 amide bonds. The third kappa shape index (κ3) is 2.96. The van der Waals surface area contributed by atoms with Crippen molar-refractivity contribution in [2.75, 3.05) is 31.1 Å². The summed E-state index contributed by atoms with van der Waals surface area (Å²) < 4.78 is 1.74. The van der Waals surface area contributed by atoms with E-state index < -0.39 is 12.0 Å². The SMILES string of the molecule is Cc1nn(C)c(C)c1C(C(=O)O)N1CCN(c2ncccn2)CC1. The number of hydrogen-bond acceptors (Lipinski definition) is 6. The molecule has 0 saturated carbocycles. The van der Waals surface area contributed by atoms with Crippen molar-refractivity contribution in [1.29, 1.82) is 0 Å². The number of carbonyl (C=O) groups is 1. The van der Waals surface area contributed by atoms with Crippen LogP contribution >= 0.6 is 0 Å². The van der Waals surface area contributed by atoms with Crippen LogP contribution in [-0.4, -0.2) is 61.9 Å². The molecule has 3 heterocycles. The van der Waals surface area contributed by atoms with Crippen LogP contribution in [-0.2, 0) is 11.8 Å². The molecule has 1 atom stereocenters. The van der Waals surface area contributed by atoms with Crippen molar-refractivity contribution in [2.45, 2.75) is 19.9 Å². The molecule has 1 N–H and O–H groups in total. The largest absolute Gasteiger partial charge is 0.480 e. The number of carboxylic acid groups (broad SMARTS) is 1. The first-order valence-corrected chi connectivity index (χ1v) is 7.98. The minimum atomic E-state index is -0.835. The molecule has 0 aromatic carbocycles. The molecule has 0 aliphatic carbocycles. The van der Waals surface area contributed by atoms with Crippen molar-refractivity contribution in [2.24, 2.45) is 7.05 Å². The molecule has 1 aliphatic heterocycles. The van der Waals surface area contributed by atoms with Gasteiger partial charge in [0.25, 0.3) is 0 Å². The summed E-state index contributed by atoms with van der Waals surface area (Å²) in [6, 6.07) is 1.12. The molecule has 128 valence electrons. The van der Waals surface area contributed by atoms with E-state index in [9.17, 15) is 9.90 Å². The fourth-order valence-corrected chi connectivity index (χ4v) is 3.28. The molecule has 2 aromatic heterocycles. The Morgan fingerprint density at radius 1 is 1.17 bits per heavy atom. The maximum Gasteiger partial charge on any atom is 0.325 e. The predicted molar refractivity (Wildman–Crippen MR) is 88.9 cm³/mol. The number of rotatable bonds is 4. The van der Waals surface area contributed by atoms with E-state index >= 15 is 0 Å². The van der Waals surface area contributed by atoms with Gasteiger partial charge in [-0.15, -0.1) is 0 Å². The van der Waals surface area contributed by atoms with Gasteiger partial charge in [0.05, 0.1) is 5.69 Å². The van der Waals surface area contributed by atoms with Crippen LogP contribution < -0.4 is 4.90 Å². The summed E-state index contributed by atoms with van der Waals surface area (Å²) >= 11 is 0. The van der Waals surface area contributed by atoms with E-state index in [1.165, 1.54) is 0 Å². The van der Waals surface area contributed by atoms with Crippen molar-refractivity contribution < 1.29 is 9.90 Å². The van der Waals surface area contributed by atoms with Crippen LogP contribution in [0.25, 0.3) is 0 Å². The summed E-state index contributed by atoms with van der Waals surface area (Å²) in [6.45, 7) is 6.47. The minimum Gasteiger partial charge on any atom is -0.480 e. The van der Waals surface area contributed by atoms with E-state index in [1.54, 1.807) is 23.1 Å². The van der Waals surface area contributed by atoms with E-state index in [-0.39, 0.29) is 0 Å². The molecular weight excluding hydrogens is 308 g/mol. The Labute approximate surface area is 140 Å². The molecular formula is C16H22N6O2. The van der Waals surface area contributed by atoms with Crippen molar-refractivity contribution >= 4 is 11.9 Å². The number of piperazine rings is 1. The normalized spacial score (nSPS) is 17.0. The second kappa shape index (κ2) is 6.56. The summed E-state index contributed by atoms with van der Waals surface area (Å²) in [5, 5.41) is 14.2. The Bertz CT molecular complexity index is 722. The first kappa shape index (κ1) is 16.4. The van der Waals surface area contributed by atoms with Gasteiger partial charge >= 0.3 is 5.97 Å². The Morgan fingerprint density at radius 2 is 1.79 bits per heavy atom. The standard InChI is InChI=1S/C16H22N6O2/c1-11-13(12(2)20(3)19-11)14(15(23)24)21-7-9-22(10-8-21)16-17-5-4-6-18-16/h4-6,14H,7-10H2,1-3H3,(H,23,24). The molecule has 1 saturated heterocycles. The molecule has 0 spiro atoms. The molecule has 24 heavy (non-hydrogen) atoms. The highest BCUT2D eigenvalue weighted by atomic mass is 16.4. The van der Waals surface area contributed by atoms with Crippen molar-refractivity contribution in [1.82, 2.24) is 24.6 Å². The Balaban J connectivity index is 1.79. The minimum absolute atomic E-state index is 0.642. The quantitative estimate of drug-likeness (QED) is 0.886. The van der Waals surface area contributed by atoms with E-state index in [0.29, 0.717) is 32.1 Å². The fourth-order valence-electron chi connectivity index (χ4n) is 3.28. The lowest BCUT2D eigenvalue weighted by atomic mass is 10.0. The summed E-state index contributed by atoms with van der Waals surface area (Å²) in [5.41, 5.74) is 2.47. The molecule has 1 fully saturated rings. The molecule has 8 nitrogen and oxygen atoms in total. The molecule has 3 rings (SSSR count). The molecule has 1 aliphatic rings. The average Bonchev–Trinajstić information content (AvgIpc) is 2.83. The van der Waals surface area contributed by atoms with Crippen LogP contribution in [0.4, 0.5) is 5.95 Å². The summed E-state index contributed by atoms with van der Waals surface area (Å²) in [4.78, 5) is 24.6. The second-order valence-corrected chi connectivity index (χ2v) is 6.02. The van der Waals surface area contributed by atoms with Gasteiger partial charge < -0.3 is 10.0 Å². The number of carboxylic acids is 1. The van der Waals surface area contributed by atoms with Gasteiger partial charge in [-0.1, -0.05) is 0 Å². The van der Waals surface area contributed by atoms with Gasteiger partial charge in [0.1, 0.15) is 6.04 Å². The van der Waals surface area contributed by atoms with Crippen molar-refractivity contribution in [3.63, 3.8) is 0 Å². The van der Waals surface area contributed by atoms with E-state index in [0.717, 1.165) is 17.0 Å². The Hall–Kier alpha value is -2.48. The number of aromatic nitrogens is 4. The van der Waals surface area contributed by atoms with Gasteiger partial charge in [-0.05, 0) is 19.9 Å². The molecule has 0 radical (unpaired) electrons. The zero-order chi connectivity index (χ0) is 17.3. The van der Waals surface area contributed by atoms with Gasteiger partial charge in [0, 0.05) is 56.9 Å². The van der Waals surface area contributed by atoms with Crippen LogP contribution in [0.1, 0.15) is 23.0 Å². The van der Waals surface area contributed by atoms with Crippen LogP contribution in [0.5, 0.6) is 0 Å². The van der Waals surface area contributed by atoms with Crippen LogP contribution in [0, 0.1) is 13.8 Å². The van der Waals surface area contributed by atoms with Crippen LogP contribution in [0.15, 0.2) is 18.5 Å².